The second-order valence-corrected chi connectivity index (χ2v) is 9.37. The standard InChI is InChI=1S/C26H28BrCl2NO2/c1-3-31-25-14-20(16-30-18(2)9-10-19-7-5-4-6-8-19)13-23(27)26(25)32-17-21-11-12-22(28)15-24(21)29/h4-8,11-15,18,30H,3,9-10,16-17H2,1-2H3/t18-/m1/s1. The third-order valence-electron chi connectivity index (χ3n) is 5.12. The highest BCUT2D eigenvalue weighted by Crippen LogP contribution is 2.38. The Morgan fingerprint density at radius 3 is 2.47 bits per heavy atom. The minimum Gasteiger partial charge on any atom is -0.490 e. The van der Waals surface area contributed by atoms with Gasteiger partial charge in [0, 0.05) is 28.2 Å². The molecule has 1 atom stereocenters. The number of hydrogen-bond acceptors (Lipinski definition) is 3. The molecule has 0 radical (unpaired) electrons. The predicted octanol–water partition coefficient (Wildman–Crippen LogP) is 7.84. The van der Waals surface area contributed by atoms with E-state index in [0.29, 0.717) is 40.8 Å². The van der Waals surface area contributed by atoms with Crippen LogP contribution in [0.4, 0.5) is 0 Å². The summed E-state index contributed by atoms with van der Waals surface area (Å²) < 4.78 is 12.8. The molecule has 0 unspecified atom stereocenters. The predicted molar refractivity (Wildman–Crippen MR) is 137 cm³/mol. The van der Waals surface area contributed by atoms with Gasteiger partial charge in [0.05, 0.1) is 11.1 Å². The Morgan fingerprint density at radius 1 is 0.969 bits per heavy atom. The van der Waals surface area contributed by atoms with Crippen molar-refractivity contribution in [1.29, 1.82) is 0 Å². The highest BCUT2D eigenvalue weighted by Gasteiger charge is 2.14. The molecule has 0 saturated carbocycles. The van der Waals surface area contributed by atoms with Gasteiger partial charge < -0.3 is 14.8 Å². The summed E-state index contributed by atoms with van der Waals surface area (Å²) in [7, 11) is 0. The molecule has 0 aliphatic carbocycles. The van der Waals surface area contributed by atoms with Crippen LogP contribution in [0.25, 0.3) is 0 Å². The molecule has 6 heteroatoms. The van der Waals surface area contributed by atoms with Crippen LogP contribution in [0.15, 0.2) is 65.1 Å². The Bertz CT molecular complexity index is 1010. The first-order chi connectivity index (χ1) is 15.5. The van der Waals surface area contributed by atoms with E-state index in [-0.39, 0.29) is 0 Å². The summed E-state index contributed by atoms with van der Waals surface area (Å²) in [6.45, 7) is 5.80. The maximum absolute atomic E-state index is 6.28. The smallest absolute Gasteiger partial charge is 0.175 e. The number of rotatable bonds is 11. The summed E-state index contributed by atoms with van der Waals surface area (Å²) in [5, 5.41) is 4.79. The van der Waals surface area contributed by atoms with E-state index in [2.05, 4.69) is 64.6 Å². The molecule has 32 heavy (non-hydrogen) atoms. The Kier molecular flexibility index (Phi) is 9.73. The molecule has 1 N–H and O–H groups in total. The normalized spacial score (nSPS) is 11.9. The molecule has 3 rings (SSSR count). The van der Waals surface area contributed by atoms with Crippen molar-refractivity contribution in [3.05, 3.63) is 91.9 Å². The van der Waals surface area contributed by atoms with E-state index in [9.17, 15) is 0 Å². The van der Waals surface area contributed by atoms with Gasteiger partial charge in [-0.25, -0.2) is 0 Å². The van der Waals surface area contributed by atoms with E-state index in [1.54, 1.807) is 12.1 Å². The van der Waals surface area contributed by atoms with E-state index in [1.807, 2.05) is 19.1 Å². The van der Waals surface area contributed by atoms with Gasteiger partial charge in [-0.2, -0.15) is 0 Å². The first kappa shape index (κ1) is 24.9. The molecule has 3 nitrogen and oxygen atoms in total. The van der Waals surface area contributed by atoms with Crippen molar-refractivity contribution in [3.63, 3.8) is 0 Å². The van der Waals surface area contributed by atoms with Crippen molar-refractivity contribution < 1.29 is 9.47 Å². The van der Waals surface area contributed by atoms with E-state index in [4.69, 9.17) is 32.7 Å². The Morgan fingerprint density at radius 2 is 1.75 bits per heavy atom. The van der Waals surface area contributed by atoms with Crippen LogP contribution in [0.1, 0.15) is 37.0 Å². The average molecular weight is 537 g/mol. The maximum Gasteiger partial charge on any atom is 0.175 e. The van der Waals surface area contributed by atoms with Crippen LogP contribution in [-0.2, 0) is 19.6 Å². The minimum absolute atomic E-state index is 0.322. The number of benzene rings is 3. The van der Waals surface area contributed by atoms with Crippen LogP contribution in [0.2, 0.25) is 10.0 Å². The maximum atomic E-state index is 6.28. The fourth-order valence-corrected chi connectivity index (χ4v) is 4.40. The third-order valence-corrected chi connectivity index (χ3v) is 6.30. The van der Waals surface area contributed by atoms with Gasteiger partial charge in [-0.3, -0.25) is 0 Å². The summed E-state index contributed by atoms with van der Waals surface area (Å²) in [5.74, 6) is 1.37. The van der Waals surface area contributed by atoms with Gasteiger partial charge in [0.1, 0.15) is 6.61 Å². The van der Waals surface area contributed by atoms with Crippen LogP contribution in [-0.4, -0.2) is 12.6 Å². The third kappa shape index (κ3) is 7.41. The fraction of sp³-hybridized carbons (Fsp3) is 0.308. The lowest BCUT2D eigenvalue weighted by atomic mass is 10.1. The van der Waals surface area contributed by atoms with Crippen molar-refractivity contribution in [3.8, 4) is 11.5 Å². The monoisotopic (exact) mass is 535 g/mol. The average Bonchev–Trinajstić information content (AvgIpc) is 2.78. The molecular weight excluding hydrogens is 509 g/mol. The molecule has 0 spiro atoms. The Hall–Kier alpha value is -1.72. The molecular formula is C26H28BrCl2NO2. The van der Waals surface area contributed by atoms with Crippen LogP contribution < -0.4 is 14.8 Å². The molecule has 0 fully saturated rings. The van der Waals surface area contributed by atoms with Crippen molar-refractivity contribution in [2.45, 2.75) is 45.9 Å². The summed E-state index contributed by atoms with van der Waals surface area (Å²) >= 11 is 15.9. The Balaban J connectivity index is 1.62. The second-order valence-electron chi connectivity index (χ2n) is 7.67. The summed E-state index contributed by atoms with van der Waals surface area (Å²) in [6.07, 6.45) is 2.13. The van der Waals surface area contributed by atoms with Crippen LogP contribution in [0.5, 0.6) is 11.5 Å². The van der Waals surface area contributed by atoms with Gasteiger partial charge in [-0.1, -0.05) is 59.6 Å². The molecule has 0 aliphatic heterocycles. The van der Waals surface area contributed by atoms with Crippen molar-refractivity contribution >= 4 is 39.1 Å². The van der Waals surface area contributed by atoms with Gasteiger partial charge in [0.15, 0.2) is 11.5 Å². The lowest BCUT2D eigenvalue weighted by Gasteiger charge is -2.18. The van der Waals surface area contributed by atoms with Crippen molar-refractivity contribution in [2.24, 2.45) is 0 Å². The quantitative estimate of drug-likeness (QED) is 0.270. The lowest BCUT2D eigenvalue weighted by Crippen LogP contribution is -2.26. The van der Waals surface area contributed by atoms with Crippen LogP contribution >= 0.6 is 39.1 Å². The first-order valence-corrected chi connectivity index (χ1v) is 12.3. The fourth-order valence-electron chi connectivity index (χ4n) is 3.34. The van der Waals surface area contributed by atoms with Gasteiger partial charge in [-0.15, -0.1) is 0 Å². The molecule has 0 amide bonds. The van der Waals surface area contributed by atoms with E-state index < -0.39 is 0 Å². The zero-order chi connectivity index (χ0) is 22.9. The molecule has 0 bridgehead atoms. The minimum atomic E-state index is 0.322. The lowest BCUT2D eigenvalue weighted by molar-refractivity contribution is 0.267. The Labute approximate surface area is 209 Å². The number of hydrogen-bond donors (Lipinski definition) is 1. The molecule has 3 aromatic carbocycles. The van der Waals surface area contributed by atoms with Gasteiger partial charge in [0.25, 0.3) is 0 Å². The largest absolute Gasteiger partial charge is 0.490 e. The van der Waals surface area contributed by atoms with Gasteiger partial charge in [-0.05, 0) is 78.0 Å². The first-order valence-electron chi connectivity index (χ1n) is 10.8. The molecule has 3 aromatic rings. The zero-order valence-electron chi connectivity index (χ0n) is 18.3. The number of halogens is 3. The van der Waals surface area contributed by atoms with Crippen molar-refractivity contribution in [2.75, 3.05) is 6.61 Å². The number of ether oxygens (including phenoxy) is 2. The van der Waals surface area contributed by atoms with E-state index in [1.165, 1.54) is 5.56 Å². The van der Waals surface area contributed by atoms with Crippen molar-refractivity contribution in [1.82, 2.24) is 5.32 Å². The van der Waals surface area contributed by atoms with E-state index >= 15 is 0 Å². The zero-order valence-corrected chi connectivity index (χ0v) is 21.4. The highest BCUT2D eigenvalue weighted by atomic mass is 79.9. The molecule has 0 heterocycles. The van der Waals surface area contributed by atoms with E-state index in [0.717, 1.165) is 35.0 Å². The molecule has 0 saturated heterocycles. The molecule has 0 aromatic heterocycles. The highest BCUT2D eigenvalue weighted by molar-refractivity contribution is 9.10. The van der Waals surface area contributed by atoms with Gasteiger partial charge >= 0.3 is 0 Å². The number of nitrogens with one attached hydrogen (secondary N) is 1. The van der Waals surface area contributed by atoms with Crippen LogP contribution in [0, 0.1) is 0 Å². The molecule has 170 valence electrons. The summed E-state index contributed by atoms with van der Waals surface area (Å²) in [4.78, 5) is 0. The summed E-state index contributed by atoms with van der Waals surface area (Å²) in [6, 6.07) is 20.5. The van der Waals surface area contributed by atoms with Gasteiger partial charge in [0.2, 0.25) is 0 Å². The SMILES string of the molecule is CCOc1cc(CN[C@H](C)CCc2ccccc2)cc(Br)c1OCc1ccc(Cl)cc1Cl. The second kappa shape index (κ2) is 12.5. The molecule has 0 aliphatic rings. The number of aryl methyl sites for hydroxylation is 1. The topological polar surface area (TPSA) is 30.5 Å². The van der Waals surface area contributed by atoms with Crippen LogP contribution in [0.3, 0.4) is 0 Å². The summed E-state index contributed by atoms with van der Waals surface area (Å²) in [5.41, 5.74) is 3.36.